The van der Waals surface area contributed by atoms with Crippen molar-refractivity contribution >= 4 is 11.6 Å². The van der Waals surface area contributed by atoms with E-state index in [1.807, 2.05) is 24.3 Å². The van der Waals surface area contributed by atoms with Gasteiger partial charge in [0, 0.05) is 17.1 Å². The van der Waals surface area contributed by atoms with Gasteiger partial charge < -0.3 is 5.32 Å². The number of hydrogen-bond acceptors (Lipinski definition) is 4. The van der Waals surface area contributed by atoms with Crippen molar-refractivity contribution in [2.45, 2.75) is 12.5 Å². The van der Waals surface area contributed by atoms with Crippen molar-refractivity contribution in [1.82, 2.24) is 25.5 Å². The van der Waals surface area contributed by atoms with Crippen molar-refractivity contribution in [3.05, 3.63) is 29.3 Å². The normalized spacial score (nSPS) is 19.7. The summed E-state index contributed by atoms with van der Waals surface area (Å²) in [7, 11) is 0. The van der Waals surface area contributed by atoms with E-state index in [0.717, 1.165) is 25.1 Å². The lowest BCUT2D eigenvalue weighted by Gasteiger charge is -2.04. The molecule has 1 saturated heterocycles. The highest BCUT2D eigenvalue weighted by atomic mass is 35.5. The monoisotopic (exact) mass is 249 g/mol. The maximum Gasteiger partial charge on any atom is 0.204 e. The van der Waals surface area contributed by atoms with Crippen molar-refractivity contribution in [2.24, 2.45) is 0 Å². The maximum atomic E-state index is 5.94. The average Bonchev–Trinajstić information content (AvgIpc) is 3.00. The molecule has 0 amide bonds. The summed E-state index contributed by atoms with van der Waals surface area (Å²) in [6.07, 6.45) is 1.05. The molecule has 1 aromatic carbocycles. The molecular formula is C11H12ClN5. The van der Waals surface area contributed by atoms with Gasteiger partial charge >= 0.3 is 0 Å². The number of rotatable bonds is 2. The van der Waals surface area contributed by atoms with Gasteiger partial charge in [-0.05, 0) is 30.3 Å². The number of benzene rings is 1. The van der Waals surface area contributed by atoms with E-state index in [0.29, 0.717) is 16.9 Å². The number of nitrogens with zero attached hydrogens (tertiary/aromatic N) is 4. The van der Waals surface area contributed by atoms with Crippen LogP contribution in [0.5, 0.6) is 0 Å². The van der Waals surface area contributed by atoms with Crippen LogP contribution in [0.2, 0.25) is 5.02 Å². The zero-order valence-electron chi connectivity index (χ0n) is 9.17. The Kier molecular flexibility index (Phi) is 2.78. The third-order valence-corrected chi connectivity index (χ3v) is 3.11. The summed E-state index contributed by atoms with van der Waals surface area (Å²) in [6.45, 7) is 1.92. The van der Waals surface area contributed by atoms with Crippen molar-refractivity contribution in [3.8, 4) is 11.4 Å². The number of aromatic nitrogens is 4. The summed E-state index contributed by atoms with van der Waals surface area (Å²) >= 11 is 5.94. The SMILES string of the molecule is Clc1cccc(-c2nnn(C3CCNC3)n2)c1. The molecule has 1 fully saturated rings. The molecule has 0 radical (unpaired) electrons. The number of hydrogen-bond donors (Lipinski definition) is 1. The fourth-order valence-electron chi connectivity index (χ4n) is 1.96. The van der Waals surface area contributed by atoms with Crippen LogP contribution in [-0.4, -0.2) is 33.3 Å². The maximum absolute atomic E-state index is 5.94. The molecule has 1 atom stereocenters. The summed E-state index contributed by atoms with van der Waals surface area (Å²) < 4.78 is 0. The zero-order valence-corrected chi connectivity index (χ0v) is 9.93. The molecular weight excluding hydrogens is 238 g/mol. The van der Waals surface area contributed by atoms with Crippen molar-refractivity contribution in [1.29, 1.82) is 0 Å². The first kappa shape index (κ1) is 10.7. The van der Waals surface area contributed by atoms with Gasteiger partial charge in [-0.2, -0.15) is 4.80 Å². The summed E-state index contributed by atoms with van der Waals surface area (Å²) in [4.78, 5) is 1.69. The van der Waals surface area contributed by atoms with Crippen LogP contribution >= 0.6 is 11.6 Å². The van der Waals surface area contributed by atoms with E-state index in [1.54, 1.807) is 4.80 Å². The molecule has 88 valence electrons. The van der Waals surface area contributed by atoms with E-state index in [4.69, 9.17) is 11.6 Å². The Balaban J connectivity index is 1.89. The molecule has 1 aliphatic heterocycles. The molecule has 1 unspecified atom stereocenters. The van der Waals surface area contributed by atoms with Gasteiger partial charge in [0.2, 0.25) is 5.82 Å². The molecule has 0 bridgehead atoms. The Labute approximate surface area is 104 Å². The Morgan fingerprint density at radius 2 is 2.35 bits per heavy atom. The fraction of sp³-hybridized carbons (Fsp3) is 0.364. The minimum atomic E-state index is 0.315. The molecule has 2 heterocycles. The highest BCUT2D eigenvalue weighted by Gasteiger charge is 2.19. The second kappa shape index (κ2) is 4.43. The smallest absolute Gasteiger partial charge is 0.204 e. The largest absolute Gasteiger partial charge is 0.314 e. The minimum absolute atomic E-state index is 0.315. The Morgan fingerprint density at radius 1 is 1.41 bits per heavy atom. The number of tetrazole rings is 1. The van der Waals surface area contributed by atoms with E-state index >= 15 is 0 Å². The lowest BCUT2D eigenvalue weighted by molar-refractivity contribution is 0.424. The molecule has 3 rings (SSSR count). The van der Waals surface area contributed by atoms with E-state index < -0.39 is 0 Å². The molecule has 17 heavy (non-hydrogen) atoms. The summed E-state index contributed by atoms with van der Waals surface area (Å²) in [5.74, 6) is 0.624. The quantitative estimate of drug-likeness (QED) is 0.877. The Hall–Kier alpha value is -1.46. The lowest BCUT2D eigenvalue weighted by atomic mass is 10.2. The van der Waals surface area contributed by atoms with E-state index in [9.17, 15) is 0 Å². The first-order valence-electron chi connectivity index (χ1n) is 5.59. The van der Waals surface area contributed by atoms with Crippen molar-refractivity contribution in [3.63, 3.8) is 0 Å². The second-order valence-electron chi connectivity index (χ2n) is 4.09. The van der Waals surface area contributed by atoms with Gasteiger partial charge in [0.05, 0.1) is 6.04 Å². The second-order valence-corrected chi connectivity index (χ2v) is 4.53. The first-order chi connectivity index (χ1) is 8.33. The third kappa shape index (κ3) is 2.16. The van der Waals surface area contributed by atoms with Crippen LogP contribution in [0, 0.1) is 0 Å². The van der Waals surface area contributed by atoms with E-state index in [2.05, 4.69) is 20.7 Å². The van der Waals surface area contributed by atoms with Crippen LogP contribution in [0.3, 0.4) is 0 Å². The molecule has 0 spiro atoms. The van der Waals surface area contributed by atoms with E-state index in [-0.39, 0.29) is 0 Å². The first-order valence-corrected chi connectivity index (χ1v) is 5.97. The molecule has 1 aromatic heterocycles. The Morgan fingerprint density at radius 3 is 3.12 bits per heavy atom. The minimum Gasteiger partial charge on any atom is -0.314 e. The zero-order chi connectivity index (χ0) is 11.7. The molecule has 1 aliphatic rings. The van der Waals surface area contributed by atoms with E-state index in [1.165, 1.54) is 0 Å². The van der Waals surface area contributed by atoms with Crippen LogP contribution in [0.25, 0.3) is 11.4 Å². The standard InChI is InChI=1S/C11H12ClN5/c12-9-3-1-2-8(6-9)11-14-16-17(15-11)10-4-5-13-7-10/h1-3,6,10,13H,4-5,7H2. The van der Waals surface area contributed by atoms with Crippen LogP contribution < -0.4 is 5.32 Å². The highest BCUT2D eigenvalue weighted by molar-refractivity contribution is 6.30. The van der Waals surface area contributed by atoms with Crippen LogP contribution in [0.1, 0.15) is 12.5 Å². The molecule has 1 N–H and O–H groups in total. The summed E-state index contributed by atoms with van der Waals surface area (Å²) in [6, 6.07) is 7.80. The van der Waals surface area contributed by atoms with Crippen LogP contribution in [-0.2, 0) is 0 Å². The summed E-state index contributed by atoms with van der Waals surface area (Å²) in [5.41, 5.74) is 0.898. The van der Waals surface area contributed by atoms with Gasteiger partial charge in [-0.15, -0.1) is 10.2 Å². The van der Waals surface area contributed by atoms with Gasteiger partial charge in [-0.1, -0.05) is 23.7 Å². The van der Waals surface area contributed by atoms with Crippen molar-refractivity contribution < 1.29 is 0 Å². The van der Waals surface area contributed by atoms with Crippen LogP contribution in [0.15, 0.2) is 24.3 Å². The summed E-state index contributed by atoms with van der Waals surface area (Å²) in [5, 5.41) is 16.5. The fourth-order valence-corrected chi connectivity index (χ4v) is 2.15. The van der Waals surface area contributed by atoms with Gasteiger partial charge in [-0.3, -0.25) is 0 Å². The highest BCUT2D eigenvalue weighted by Crippen LogP contribution is 2.20. The number of halogens is 1. The Bertz CT molecular complexity index is 518. The molecule has 0 aliphatic carbocycles. The molecule has 2 aromatic rings. The van der Waals surface area contributed by atoms with Crippen molar-refractivity contribution in [2.75, 3.05) is 13.1 Å². The predicted molar refractivity (Wildman–Crippen MR) is 64.8 cm³/mol. The van der Waals surface area contributed by atoms with Gasteiger partial charge in [0.15, 0.2) is 0 Å². The van der Waals surface area contributed by atoms with Gasteiger partial charge in [0.1, 0.15) is 0 Å². The number of nitrogens with one attached hydrogen (secondary N) is 1. The topological polar surface area (TPSA) is 55.6 Å². The molecule has 0 saturated carbocycles. The predicted octanol–water partition coefficient (Wildman–Crippen LogP) is 1.53. The van der Waals surface area contributed by atoms with Crippen LogP contribution in [0.4, 0.5) is 0 Å². The third-order valence-electron chi connectivity index (χ3n) is 2.87. The molecule has 6 heteroatoms. The molecule has 5 nitrogen and oxygen atoms in total. The van der Waals surface area contributed by atoms with Gasteiger partial charge in [0.25, 0.3) is 0 Å². The van der Waals surface area contributed by atoms with Gasteiger partial charge in [-0.25, -0.2) is 0 Å². The average molecular weight is 250 g/mol. The lowest BCUT2D eigenvalue weighted by Crippen LogP contribution is -2.15.